The molecule has 1 heterocycles. The zero-order valence-corrected chi connectivity index (χ0v) is 16.3. The average molecular weight is 399 g/mol. The molecule has 0 saturated carbocycles. The van der Waals surface area contributed by atoms with Crippen LogP contribution >= 0.6 is 0 Å². The number of aromatic amines is 1. The zero-order chi connectivity index (χ0) is 21.0. The number of hydrogen-bond acceptors (Lipinski definition) is 7. The summed E-state index contributed by atoms with van der Waals surface area (Å²) in [5, 5.41) is 24.9. The first-order chi connectivity index (χ1) is 13.9. The van der Waals surface area contributed by atoms with Gasteiger partial charge in [-0.2, -0.15) is 0 Å². The average Bonchev–Trinajstić information content (AvgIpc) is 2.69. The van der Waals surface area contributed by atoms with Crippen molar-refractivity contribution in [3.05, 3.63) is 50.7 Å². The SMILES string of the molecule is CN(CCCN)CCCNc1ccc([N+](=O)[O-])c2[nH]c3ccc(O)cc3c(=O)c12. The van der Waals surface area contributed by atoms with Crippen LogP contribution in [-0.4, -0.2) is 53.1 Å². The molecule has 0 fully saturated rings. The fourth-order valence-electron chi connectivity index (χ4n) is 3.40. The first-order valence-electron chi connectivity index (χ1n) is 9.51. The third kappa shape index (κ3) is 4.47. The number of nitrogens with zero attached hydrogens (tertiary/aromatic N) is 2. The maximum atomic E-state index is 13.1. The van der Waals surface area contributed by atoms with Crippen molar-refractivity contribution in [3.63, 3.8) is 0 Å². The van der Waals surface area contributed by atoms with Gasteiger partial charge in [0.25, 0.3) is 5.69 Å². The largest absolute Gasteiger partial charge is 0.508 e. The minimum Gasteiger partial charge on any atom is -0.508 e. The number of nitrogens with two attached hydrogens (primary N) is 1. The van der Waals surface area contributed by atoms with Crippen LogP contribution in [0.15, 0.2) is 35.1 Å². The zero-order valence-electron chi connectivity index (χ0n) is 16.3. The molecule has 29 heavy (non-hydrogen) atoms. The number of phenolic OH excluding ortho intramolecular Hbond substituents is 1. The fraction of sp³-hybridized carbons (Fsp3) is 0.350. The molecule has 0 atom stereocenters. The molecular weight excluding hydrogens is 374 g/mol. The van der Waals surface area contributed by atoms with Crippen molar-refractivity contribution in [2.75, 3.05) is 38.5 Å². The molecule has 0 radical (unpaired) electrons. The number of nitro groups is 1. The number of pyridine rings is 1. The minimum atomic E-state index is -0.513. The minimum absolute atomic E-state index is 0.0391. The van der Waals surface area contributed by atoms with Crippen LogP contribution < -0.4 is 16.5 Å². The summed E-state index contributed by atoms with van der Waals surface area (Å²) in [7, 11) is 2.03. The van der Waals surface area contributed by atoms with Gasteiger partial charge in [0.05, 0.1) is 15.8 Å². The molecular formula is C20H25N5O4. The van der Waals surface area contributed by atoms with Gasteiger partial charge in [0.15, 0.2) is 5.43 Å². The fourth-order valence-corrected chi connectivity index (χ4v) is 3.40. The van der Waals surface area contributed by atoms with E-state index in [1.165, 1.54) is 24.3 Å². The monoisotopic (exact) mass is 399 g/mol. The molecule has 3 rings (SSSR count). The molecule has 3 aromatic rings. The predicted octanol–water partition coefficient (Wildman–Crippen LogP) is 2.38. The second-order valence-corrected chi connectivity index (χ2v) is 7.05. The van der Waals surface area contributed by atoms with Crippen molar-refractivity contribution in [1.82, 2.24) is 9.88 Å². The lowest BCUT2D eigenvalue weighted by atomic mass is 10.1. The number of hydrogen-bond donors (Lipinski definition) is 4. The Balaban J connectivity index is 1.94. The van der Waals surface area contributed by atoms with E-state index in [2.05, 4.69) is 15.2 Å². The van der Waals surface area contributed by atoms with Gasteiger partial charge in [0, 0.05) is 23.7 Å². The molecule has 0 aliphatic rings. The predicted molar refractivity (Wildman–Crippen MR) is 115 cm³/mol. The number of fused-ring (bicyclic) bond motifs is 2. The summed E-state index contributed by atoms with van der Waals surface area (Å²) in [4.78, 5) is 29.2. The lowest BCUT2D eigenvalue weighted by Gasteiger charge is -2.16. The maximum Gasteiger partial charge on any atom is 0.293 e. The number of nitro benzene ring substituents is 1. The summed E-state index contributed by atoms with van der Waals surface area (Å²) in [5.41, 5.74) is 6.12. The quantitative estimate of drug-likeness (QED) is 0.188. The molecule has 0 bridgehead atoms. The maximum absolute atomic E-state index is 13.1. The topological polar surface area (TPSA) is 138 Å². The van der Waals surface area contributed by atoms with Crippen molar-refractivity contribution in [2.24, 2.45) is 5.73 Å². The highest BCUT2D eigenvalue weighted by molar-refractivity contribution is 6.03. The summed E-state index contributed by atoms with van der Waals surface area (Å²) in [6.07, 6.45) is 1.78. The van der Waals surface area contributed by atoms with Gasteiger partial charge in [-0.1, -0.05) is 0 Å². The number of aromatic hydroxyl groups is 1. The number of H-pyrrole nitrogens is 1. The van der Waals surface area contributed by atoms with Crippen LogP contribution in [0.4, 0.5) is 11.4 Å². The van der Waals surface area contributed by atoms with E-state index in [-0.39, 0.29) is 33.2 Å². The van der Waals surface area contributed by atoms with Crippen molar-refractivity contribution in [2.45, 2.75) is 12.8 Å². The van der Waals surface area contributed by atoms with E-state index in [0.717, 1.165) is 25.9 Å². The van der Waals surface area contributed by atoms with Crippen LogP contribution in [0.1, 0.15) is 12.8 Å². The molecule has 2 aromatic carbocycles. The normalized spacial score (nSPS) is 11.4. The summed E-state index contributed by atoms with van der Waals surface area (Å²) in [5.74, 6) is -0.0391. The lowest BCUT2D eigenvalue weighted by molar-refractivity contribution is -0.383. The van der Waals surface area contributed by atoms with Gasteiger partial charge in [-0.15, -0.1) is 0 Å². The van der Waals surface area contributed by atoms with E-state index in [1.54, 1.807) is 6.07 Å². The Morgan fingerprint density at radius 2 is 2.00 bits per heavy atom. The van der Waals surface area contributed by atoms with Crippen LogP contribution in [0.3, 0.4) is 0 Å². The Labute approximate surface area is 167 Å². The number of benzene rings is 2. The van der Waals surface area contributed by atoms with Gasteiger partial charge in [-0.3, -0.25) is 14.9 Å². The van der Waals surface area contributed by atoms with E-state index in [1.807, 2.05) is 7.05 Å². The van der Waals surface area contributed by atoms with E-state index in [9.17, 15) is 20.0 Å². The van der Waals surface area contributed by atoms with Gasteiger partial charge < -0.3 is 26.0 Å². The molecule has 0 unspecified atom stereocenters. The number of non-ortho nitro benzene ring substituents is 1. The highest BCUT2D eigenvalue weighted by atomic mass is 16.6. The Morgan fingerprint density at radius 3 is 2.72 bits per heavy atom. The van der Waals surface area contributed by atoms with E-state index in [4.69, 9.17) is 5.73 Å². The molecule has 0 amide bonds. The molecule has 0 aliphatic carbocycles. The van der Waals surface area contributed by atoms with Crippen molar-refractivity contribution < 1.29 is 10.0 Å². The number of aromatic nitrogens is 1. The van der Waals surface area contributed by atoms with Crippen LogP contribution in [0.5, 0.6) is 5.75 Å². The Kier molecular flexibility index (Phi) is 6.30. The highest BCUT2D eigenvalue weighted by Gasteiger charge is 2.19. The van der Waals surface area contributed by atoms with Gasteiger partial charge in [0.2, 0.25) is 0 Å². The molecule has 0 aliphatic heterocycles. The van der Waals surface area contributed by atoms with E-state index < -0.39 is 4.92 Å². The van der Waals surface area contributed by atoms with Gasteiger partial charge >= 0.3 is 0 Å². The third-order valence-electron chi connectivity index (χ3n) is 4.89. The van der Waals surface area contributed by atoms with Gasteiger partial charge in [-0.25, -0.2) is 0 Å². The van der Waals surface area contributed by atoms with Crippen molar-refractivity contribution in [3.8, 4) is 5.75 Å². The molecule has 0 spiro atoms. The summed E-state index contributed by atoms with van der Waals surface area (Å²) < 4.78 is 0. The first-order valence-corrected chi connectivity index (χ1v) is 9.51. The van der Waals surface area contributed by atoms with Gasteiger partial charge in [0.1, 0.15) is 11.3 Å². The Bertz CT molecular complexity index is 1100. The van der Waals surface area contributed by atoms with Crippen LogP contribution in [-0.2, 0) is 0 Å². The molecule has 9 nitrogen and oxygen atoms in total. The number of nitrogens with one attached hydrogen (secondary N) is 2. The van der Waals surface area contributed by atoms with Crippen molar-refractivity contribution in [1.29, 1.82) is 0 Å². The molecule has 0 saturated heterocycles. The van der Waals surface area contributed by atoms with Crippen LogP contribution in [0, 0.1) is 10.1 Å². The van der Waals surface area contributed by atoms with Crippen LogP contribution in [0.25, 0.3) is 21.8 Å². The second-order valence-electron chi connectivity index (χ2n) is 7.05. The summed E-state index contributed by atoms with van der Waals surface area (Å²) in [6.45, 7) is 3.05. The molecule has 154 valence electrons. The van der Waals surface area contributed by atoms with E-state index in [0.29, 0.717) is 24.3 Å². The Hall–Kier alpha value is -3.17. The van der Waals surface area contributed by atoms with Gasteiger partial charge in [-0.05, 0) is 63.8 Å². The first kappa shape index (κ1) is 20.6. The van der Waals surface area contributed by atoms with Crippen LogP contribution in [0.2, 0.25) is 0 Å². The second kappa shape index (κ2) is 8.89. The Morgan fingerprint density at radius 1 is 1.24 bits per heavy atom. The van der Waals surface area contributed by atoms with Crippen molar-refractivity contribution >= 4 is 33.2 Å². The summed E-state index contributed by atoms with van der Waals surface area (Å²) in [6, 6.07) is 7.27. The molecule has 5 N–H and O–H groups in total. The smallest absolute Gasteiger partial charge is 0.293 e. The third-order valence-corrected chi connectivity index (χ3v) is 4.89. The highest BCUT2D eigenvalue weighted by Crippen LogP contribution is 2.30. The number of rotatable bonds is 9. The number of phenols is 1. The number of anilines is 1. The molecule has 9 heteroatoms. The summed E-state index contributed by atoms with van der Waals surface area (Å²) >= 11 is 0. The van der Waals surface area contributed by atoms with E-state index >= 15 is 0 Å². The standard InChI is InChI=1S/C20H25N5O4/c1-24(10-2-8-21)11-3-9-22-16-6-7-17(25(28)29)19-18(16)20(27)14-12-13(26)4-5-15(14)23-19/h4-7,12,22,26H,2-3,8-11,21H2,1H3,(H,23,27). The molecule has 1 aromatic heterocycles. The lowest BCUT2D eigenvalue weighted by Crippen LogP contribution is -2.24.